The van der Waals surface area contributed by atoms with E-state index in [-0.39, 0.29) is 40.8 Å². The zero-order valence-electron chi connectivity index (χ0n) is 16.1. The number of esters is 1. The molecule has 1 N–H and O–H groups in total. The molecular weight excluding hydrogens is 350 g/mol. The van der Waals surface area contributed by atoms with Crippen molar-refractivity contribution in [2.75, 3.05) is 6.61 Å². The second-order valence-electron chi connectivity index (χ2n) is 7.67. The van der Waals surface area contributed by atoms with Crippen LogP contribution in [0.2, 0.25) is 0 Å². The number of hydrogen-bond donors (Lipinski definition) is 1. The van der Waals surface area contributed by atoms with Gasteiger partial charge in [-0.15, -0.1) is 10.2 Å². The average Bonchev–Trinajstić information content (AvgIpc) is 3.32. The third-order valence-corrected chi connectivity index (χ3v) is 4.55. The van der Waals surface area contributed by atoms with E-state index in [1.165, 1.54) is 4.68 Å². The summed E-state index contributed by atoms with van der Waals surface area (Å²) in [6.07, 6.45) is 3.88. The van der Waals surface area contributed by atoms with E-state index in [2.05, 4.69) is 20.5 Å². The molecule has 3 rings (SSSR count). The number of ether oxygens (including phenoxy) is 1. The lowest BCUT2D eigenvalue weighted by molar-refractivity contribution is 0.0519. The minimum Gasteiger partial charge on any atom is -0.461 e. The number of hydrogen-bond acceptors (Lipinski definition) is 7. The first-order valence-electron chi connectivity index (χ1n) is 9.21. The van der Waals surface area contributed by atoms with Crippen molar-refractivity contribution >= 4 is 17.5 Å². The maximum Gasteiger partial charge on any atom is 0.358 e. The molecule has 0 unspecified atom stereocenters. The Morgan fingerprint density at radius 1 is 1.37 bits per heavy atom. The summed E-state index contributed by atoms with van der Waals surface area (Å²) in [5.74, 6) is 0.262. The Kier molecular flexibility index (Phi) is 5.29. The Balaban J connectivity index is 1.96. The van der Waals surface area contributed by atoms with Crippen LogP contribution in [0.4, 0.5) is 11.5 Å². The highest BCUT2D eigenvalue weighted by molar-refractivity contribution is 5.92. The van der Waals surface area contributed by atoms with Gasteiger partial charge in [0.05, 0.1) is 12.6 Å². The summed E-state index contributed by atoms with van der Waals surface area (Å²) in [4.78, 5) is 25.0. The minimum absolute atomic E-state index is 0.0111. The molecule has 1 saturated carbocycles. The third kappa shape index (κ3) is 4.01. The van der Waals surface area contributed by atoms with Gasteiger partial charge in [0.25, 0.3) is 5.56 Å². The van der Waals surface area contributed by atoms with E-state index in [9.17, 15) is 9.59 Å². The van der Waals surface area contributed by atoms with Crippen molar-refractivity contribution < 1.29 is 14.1 Å². The highest BCUT2D eigenvalue weighted by Crippen LogP contribution is 2.30. The Morgan fingerprint density at radius 2 is 2.07 bits per heavy atom. The maximum atomic E-state index is 12.8. The zero-order valence-corrected chi connectivity index (χ0v) is 16.1. The van der Waals surface area contributed by atoms with E-state index in [1.807, 2.05) is 20.8 Å². The van der Waals surface area contributed by atoms with Crippen molar-refractivity contribution in [3.05, 3.63) is 27.9 Å². The van der Waals surface area contributed by atoms with Gasteiger partial charge in [-0.3, -0.25) is 9.89 Å². The molecule has 1 fully saturated rings. The molecule has 0 amide bonds. The van der Waals surface area contributed by atoms with Crippen molar-refractivity contribution in [3.8, 4) is 0 Å². The number of carbonyl (C=O) groups excluding carboxylic acids is 1. The standard InChI is InChI=1S/C18H25N5O4/c1-5-26-17(25)15-14(16(24)23(21-15)11-8-6-7-9-11)20-19-13-10-12(27-22-13)18(2,3)4/h10-11,21H,5-9H2,1-4H3. The first-order valence-corrected chi connectivity index (χ1v) is 9.21. The fraction of sp³-hybridized carbons (Fsp3) is 0.611. The zero-order chi connectivity index (χ0) is 19.6. The van der Waals surface area contributed by atoms with Crippen LogP contribution in [0.15, 0.2) is 25.6 Å². The van der Waals surface area contributed by atoms with Crippen LogP contribution < -0.4 is 5.56 Å². The Hall–Kier alpha value is -2.71. The van der Waals surface area contributed by atoms with Crippen molar-refractivity contribution in [2.24, 2.45) is 10.2 Å². The first kappa shape index (κ1) is 19.1. The molecule has 0 aliphatic heterocycles. The molecule has 0 bridgehead atoms. The normalized spacial score (nSPS) is 15.7. The highest BCUT2D eigenvalue weighted by Gasteiger charge is 2.27. The van der Waals surface area contributed by atoms with E-state index in [1.54, 1.807) is 13.0 Å². The fourth-order valence-electron chi connectivity index (χ4n) is 3.07. The maximum absolute atomic E-state index is 12.8. The Bertz CT molecular complexity index is 894. The number of carbonyl (C=O) groups is 1. The largest absolute Gasteiger partial charge is 0.461 e. The summed E-state index contributed by atoms with van der Waals surface area (Å²) in [5.41, 5.74) is -0.661. The summed E-state index contributed by atoms with van der Waals surface area (Å²) >= 11 is 0. The minimum atomic E-state index is -0.629. The van der Waals surface area contributed by atoms with Crippen LogP contribution in [0, 0.1) is 0 Å². The van der Waals surface area contributed by atoms with Crippen molar-refractivity contribution in [1.82, 2.24) is 14.9 Å². The van der Waals surface area contributed by atoms with E-state index in [0.717, 1.165) is 25.7 Å². The van der Waals surface area contributed by atoms with Gasteiger partial charge >= 0.3 is 5.97 Å². The monoisotopic (exact) mass is 375 g/mol. The Morgan fingerprint density at radius 3 is 2.67 bits per heavy atom. The Labute approximate surface area is 156 Å². The molecular formula is C18H25N5O4. The number of aromatic amines is 1. The van der Waals surface area contributed by atoms with Crippen LogP contribution in [-0.4, -0.2) is 27.5 Å². The van der Waals surface area contributed by atoms with Gasteiger partial charge in [0.15, 0.2) is 11.4 Å². The number of nitrogens with one attached hydrogen (secondary N) is 1. The smallest absolute Gasteiger partial charge is 0.358 e. The number of rotatable bonds is 5. The van der Waals surface area contributed by atoms with Gasteiger partial charge in [-0.1, -0.05) is 38.8 Å². The molecule has 0 aromatic carbocycles. The fourth-order valence-corrected chi connectivity index (χ4v) is 3.07. The summed E-state index contributed by atoms with van der Waals surface area (Å²) in [7, 11) is 0. The number of aromatic nitrogens is 3. The van der Waals surface area contributed by atoms with E-state index >= 15 is 0 Å². The van der Waals surface area contributed by atoms with Gasteiger partial charge in [0.1, 0.15) is 5.76 Å². The summed E-state index contributed by atoms with van der Waals surface area (Å²) in [6, 6.07) is 1.70. The molecule has 2 heterocycles. The lowest BCUT2D eigenvalue weighted by Crippen LogP contribution is -2.20. The van der Waals surface area contributed by atoms with Gasteiger partial charge < -0.3 is 9.26 Å². The van der Waals surface area contributed by atoms with Gasteiger partial charge in [-0.25, -0.2) is 9.48 Å². The summed E-state index contributed by atoms with van der Waals surface area (Å²) in [5, 5.41) is 14.7. The summed E-state index contributed by atoms with van der Waals surface area (Å²) < 4.78 is 11.8. The molecule has 9 heteroatoms. The molecule has 2 aromatic heterocycles. The predicted molar refractivity (Wildman–Crippen MR) is 97.9 cm³/mol. The van der Waals surface area contributed by atoms with Crippen LogP contribution in [0.1, 0.15) is 75.7 Å². The second kappa shape index (κ2) is 7.50. The lowest BCUT2D eigenvalue weighted by atomic mass is 9.93. The molecule has 0 atom stereocenters. The average molecular weight is 375 g/mol. The number of nitrogens with zero attached hydrogens (tertiary/aromatic N) is 4. The van der Waals surface area contributed by atoms with Gasteiger partial charge in [0.2, 0.25) is 5.82 Å². The van der Waals surface area contributed by atoms with Crippen LogP contribution in [0.25, 0.3) is 0 Å². The molecule has 1 aliphatic rings. The third-order valence-electron chi connectivity index (χ3n) is 4.55. The number of H-pyrrole nitrogens is 1. The predicted octanol–water partition coefficient (Wildman–Crippen LogP) is 4.17. The molecule has 9 nitrogen and oxygen atoms in total. The SMILES string of the molecule is CCOC(=O)c1[nH]n(C2CCCC2)c(=O)c1N=Nc1cc(C(C)(C)C)on1. The van der Waals surface area contributed by atoms with Gasteiger partial charge in [0, 0.05) is 11.5 Å². The molecule has 27 heavy (non-hydrogen) atoms. The molecule has 146 valence electrons. The first-order chi connectivity index (χ1) is 12.8. The lowest BCUT2D eigenvalue weighted by Gasteiger charge is -2.11. The second-order valence-corrected chi connectivity index (χ2v) is 7.67. The van der Waals surface area contributed by atoms with Gasteiger partial charge in [-0.2, -0.15) is 0 Å². The van der Waals surface area contributed by atoms with Crippen molar-refractivity contribution in [1.29, 1.82) is 0 Å². The van der Waals surface area contributed by atoms with Gasteiger partial charge in [-0.05, 0) is 19.8 Å². The van der Waals surface area contributed by atoms with Crippen LogP contribution in [-0.2, 0) is 10.2 Å². The topological polar surface area (TPSA) is 115 Å². The van der Waals surface area contributed by atoms with E-state index in [0.29, 0.717) is 5.76 Å². The molecule has 0 radical (unpaired) electrons. The quantitative estimate of drug-likeness (QED) is 0.622. The summed E-state index contributed by atoms with van der Waals surface area (Å²) in [6.45, 7) is 7.86. The van der Waals surface area contributed by atoms with E-state index < -0.39 is 5.97 Å². The van der Waals surface area contributed by atoms with Crippen LogP contribution >= 0.6 is 0 Å². The van der Waals surface area contributed by atoms with Crippen LogP contribution in [0.3, 0.4) is 0 Å². The molecule has 1 aliphatic carbocycles. The van der Waals surface area contributed by atoms with E-state index in [4.69, 9.17) is 9.26 Å². The molecule has 2 aromatic rings. The van der Waals surface area contributed by atoms with Crippen LogP contribution in [0.5, 0.6) is 0 Å². The molecule has 0 saturated heterocycles. The highest BCUT2D eigenvalue weighted by atomic mass is 16.5. The molecule has 0 spiro atoms. The number of azo groups is 1. The van der Waals surface area contributed by atoms with Crippen molar-refractivity contribution in [3.63, 3.8) is 0 Å². The van der Waals surface area contributed by atoms with Crippen molar-refractivity contribution in [2.45, 2.75) is 64.8 Å².